The van der Waals surface area contributed by atoms with Gasteiger partial charge in [0.05, 0.1) is 0 Å². The van der Waals surface area contributed by atoms with Gasteiger partial charge in [0, 0.05) is 11.1 Å². The van der Waals surface area contributed by atoms with Crippen LogP contribution in [0.4, 0.5) is 4.39 Å². The Morgan fingerprint density at radius 1 is 1.10 bits per heavy atom. The average molecular weight is 303 g/mol. The zero-order valence-corrected chi connectivity index (χ0v) is 13.1. The minimum absolute atomic E-state index is 0.0914. The molecule has 2 aromatic rings. The fraction of sp³-hybridized carbons (Fsp3) is 0.235. The third-order valence-corrected chi connectivity index (χ3v) is 3.37. The van der Waals surface area contributed by atoms with Crippen LogP contribution in [-0.4, -0.2) is 4.99 Å². The van der Waals surface area contributed by atoms with E-state index in [9.17, 15) is 4.39 Å². The molecule has 21 heavy (non-hydrogen) atoms. The largest absolute Gasteiger partial charge is 0.454 e. The summed E-state index contributed by atoms with van der Waals surface area (Å²) >= 11 is 4.83. The summed E-state index contributed by atoms with van der Waals surface area (Å²) in [6.07, 6.45) is 0. The first-order chi connectivity index (χ1) is 9.79. The predicted octanol–water partition coefficient (Wildman–Crippen LogP) is 4.55. The summed E-state index contributed by atoms with van der Waals surface area (Å²) < 4.78 is 19.8. The molecule has 2 nitrogen and oxygen atoms in total. The van der Waals surface area contributed by atoms with Crippen molar-refractivity contribution < 1.29 is 9.13 Å². The van der Waals surface area contributed by atoms with Crippen LogP contribution >= 0.6 is 12.2 Å². The van der Waals surface area contributed by atoms with Gasteiger partial charge in [0.2, 0.25) is 0 Å². The van der Waals surface area contributed by atoms with Crippen LogP contribution < -0.4 is 10.5 Å². The van der Waals surface area contributed by atoms with E-state index in [2.05, 4.69) is 20.8 Å². The Labute approximate surface area is 129 Å². The number of nitrogens with two attached hydrogens (primary N) is 1. The Morgan fingerprint density at radius 2 is 1.76 bits per heavy atom. The van der Waals surface area contributed by atoms with E-state index in [-0.39, 0.29) is 16.2 Å². The quantitative estimate of drug-likeness (QED) is 0.845. The smallest absolute Gasteiger partial charge is 0.166 e. The first-order valence-electron chi connectivity index (χ1n) is 6.66. The first kappa shape index (κ1) is 15.4. The Bertz CT molecular complexity index is 677. The van der Waals surface area contributed by atoms with Crippen LogP contribution in [0.5, 0.6) is 11.5 Å². The van der Waals surface area contributed by atoms with E-state index in [1.165, 1.54) is 6.07 Å². The number of halogens is 1. The number of para-hydroxylation sites is 1. The van der Waals surface area contributed by atoms with E-state index in [4.69, 9.17) is 22.7 Å². The zero-order chi connectivity index (χ0) is 15.6. The van der Waals surface area contributed by atoms with Crippen molar-refractivity contribution in [2.75, 3.05) is 0 Å². The van der Waals surface area contributed by atoms with Gasteiger partial charge in [-0.05, 0) is 29.7 Å². The number of thiocarbonyl (C=S) groups is 1. The summed E-state index contributed by atoms with van der Waals surface area (Å²) in [5, 5.41) is 0. The number of rotatable bonds is 3. The molecular formula is C17H18FNOS. The van der Waals surface area contributed by atoms with Crippen molar-refractivity contribution in [1.82, 2.24) is 0 Å². The van der Waals surface area contributed by atoms with Crippen LogP contribution in [0.15, 0.2) is 42.5 Å². The molecular weight excluding hydrogens is 285 g/mol. The molecule has 0 amide bonds. The lowest BCUT2D eigenvalue weighted by molar-refractivity contribution is 0.425. The van der Waals surface area contributed by atoms with Crippen LogP contribution in [0.1, 0.15) is 31.9 Å². The van der Waals surface area contributed by atoms with Crippen molar-refractivity contribution in [2.45, 2.75) is 26.2 Å². The molecule has 0 aliphatic carbocycles. The van der Waals surface area contributed by atoms with E-state index in [1.54, 1.807) is 12.1 Å². The minimum Gasteiger partial charge on any atom is -0.454 e. The van der Waals surface area contributed by atoms with Crippen molar-refractivity contribution in [1.29, 1.82) is 0 Å². The van der Waals surface area contributed by atoms with Gasteiger partial charge >= 0.3 is 0 Å². The normalized spacial score (nSPS) is 11.2. The highest BCUT2D eigenvalue weighted by molar-refractivity contribution is 7.80. The van der Waals surface area contributed by atoms with Crippen LogP contribution in [-0.2, 0) is 5.41 Å². The number of ether oxygens (including phenoxy) is 1. The molecule has 0 atom stereocenters. The van der Waals surface area contributed by atoms with E-state index < -0.39 is 5.82 Å². The lowest BCUT2D eigenvalue weighted by Gasteiger charge is -2.22. The second-order valence-corrected chi connectivity index (χ2v) is 6.30. The zero-order valence-electron chi connectivity index (χ0n) is 12.3. The number of hydrogen-bond donors (Lipinski definition) is 1. The lowest BCUT2D eigenvalue weighted by Crippen LogP contribution is -2.12. The molecule has 4 heteroatoms. The Kier molecular flexibility index (Phi) is 4.28. The number of benzene rings is 2. The van der Waals surface area contributed by atoms with Crippen LogP contribution in [0.3, 0.4) is 0 Å². The molecule has 0 unspecified atom stereocenters. The maximum atomic E-state index is 14.1. The van der Waals surface area contributed by atoms with Crippen LogP contribution in [0.2, 0.25) is 0 Å². The second-order valence-electron chi connectivity index (χ2n) is 5.86. The third kappa shape index (κ3) is 3.58. The van der Waals surface area contributed by atoms with E-state index in [0.29, 0.717) is 11.3 Å². The molecule has 2 N–H and O–H groups in total. The fourth-order valence-corrected chi connectivity index (χ4v) is 2.16. The maximum Gasteiger partial charge on any atom is 0.166 e. The summed E-state index contributed by atoms with van der Waals surface area (Å²) in [6, 6.07) is 12.1. The Balaban J connectivity index is 2.38. The summed E-state index contributed by atoms with van der Waals surface area (Å²) in [7, 11) is 0. The van der Waals surface area contributed by atoms with Crippen molar-refractivity contribution in [3.63, 3.8) is 0 Å². The standard InChI is InChI=1S/C17H18FNOS/c1-17(2,3)12-6-4-5-7-14(12)20-15-9-8-11(16(19)21)10-13(15)18/h4-10H,1-3H3,(H2,19,21). The van der Waals surface area contributed by atoms with Gasteiger partial charge in [-0.1, -0.05) is 51.2 Å². The average Bonchev–Trinajstić information content (AvgIpc) is 2.40. The predicted molar refractivity (Wildman–Crippen MR) is 87.5 cm³/mol. The fourth-order valence-electron chi connectivity index (χ4n) is 2.03. The summed E-state index contributed by atoms with van der Waals surface area (Å²) in [6.45, 7) is 6.25. The van der Waals surface area contributed by atoms with Gasteiger partial charge in [0.15, 0.2) is 11.6 Å². The van der Waals surface area contributed by atoms with Crippen LogP contribution in [0.25, 0.3) is 0 Å². The van der Waals surface area contributed by atoms with Gasteiger partial charge < -0.3 is 10.5 Å². The highest BCUT2D eigenvalue weighted by Crippen LogP contribution is 2.34. The van der Waals surface area contributed by atoms with E-state index >= 15 is 0 Å². The Morgan fingerprint density at radius 3 is 2.33 bits per heavy atom. The van der Waals surface area contributed by atoms with Crippen molar-refractivity contribution in [3.8, 4) is 11.5 Å². The van der Waals surface area contributed by atoms with Crippen molar-refractivity contribution >= 4 is 17.2 Å². The third-order valence-electron chi connectivity index (χ3n) is 3.13. The molecule has 2 rings (SSSR count). The van der Waals surface area contributed by atoms with Gasteiger partial charge in [0.25, 0.3) is 0 Å². The summed E-state index contributed by atoms with van der Waals surface area (Å²) in [5.41, 5.74) is 6.90. The van der Waals surface area contributed by atoms with Crippen molar-refractivity contribution in [3.05, 3.63) is 59.4 Å². The molecule has 0 radical (unpaired) electrons. The molecule has 0 aliphatic heterocycles. The van der Waals surface area contributed by atoms with Gasteiger partial charge in [-0.15, -0.1) is 0 Å². The lowest BCUT2D eigenvalue weighted by atomic mass is 9.86. The molecule has 0 fully saturated rings. The molecule has 0 spiro atoms. The SMILES string of the molecule is CC(C)(C)c1ccccc1Oc1ccc(C(N)=S)cc1F. The number of hydrogen-bond acceptors (Lipinski definition) is 2. The van der Waals surface area contributed by atoms with Gasteiger partial charge in [-0.3, -0.25) is 0 Å². The van der Waals surface area contributed by atoms with Gasteiger partial charge in [-0.25, -0.2) is 4.39 Å². The topological polar surface area (TPSA) is 35.2 Å². The molecule has 0 saturated heterocycles. The van der Waals surface area contributed by atoms with Crippen LogP contribution in [0, 0.1) is 5.82 Å². The monoisotopic (exact) mass is 303 g/mol. The molecule has 0 heterocycles. The molecule has 2 aromatic carbocycles. The second kappa shape index (κ2) is 5.82. The van der Waals surface area contributed by atoms with Gasteiger partial charge in [0.1, 0.15) is 10.7 Å². The molecule has 0 saturated carbocycles. The van der Waals surface area contributed by atoms with Gasteiger partial charge in [-0.2, -0.15) is 0 Å². The molecule has 0 aromatic heterocycles. The molecule has 110 valence electrons. The van der Waals surface area contributed by atoms with E-state index in [1.807, 2.05) is 24.3 Å². The maximum absolute atomic E-state index is 14.1. The van der Waals surface area contributed by atoms with E-state index in [0.717, 1.165) is 5.56 Å². The van der Waals surface area contributed by atoms with Crippen molar-refractivity contribution in [2.24, 2.45) is 5.73 Å². The highest BCUT2D eigenvalue weighted by Gasteiger charge is 2.19. The molecule has 0 aliphatic rings. The molecule has 0 bridgehead atoms. The minimum atomic E-state index is -0.482. The highest BCUT2D eigenvalue weighted by atomic mass is 32.1. The first-order valence-corrected chi connectivity index (χ1v) is 7.06. The summed E-state index contributed by atoms with van der Waals surface area (Å²) in [4.78, 5) is 0.163. The summed E-state index contributed by atoms with van der Waals surface area (Å²) in [5.74, 6) is 0.322. The Hall–Kier alpha value is -1.94.